The predicted octanol–water partition coefficient (Wildman–Crippen LogP) is 1.53. The quantitative estimate of drug-likeness (QED) is 0.746. The average Bonchev–Trinajstić information content (AvgIpc) is 2.96. The van der Waals surface area contributed by atoms with Crippen molar-refractivity contribution in [1.82, 2.24) is 4.90 Å². The molecule has 0 radical (unpaired) electrons. The zero-order chi connectivity index (χ0) is 17.5. The monoisotopic (exact) mass is 324 g/mol. The molecule has 0 bridgehead atoms. The summed E-state index contributed by atoms with van der Waals surface area (Å²) in [5, 5.41) is 0. The minimum atomic E-state index is -0.450. The summed E-state index contributed by atoms with van der Waals surface area (Å²) < 4.78 is 5.58. The van der Waals surface area contributed by atoms with E-state index in [0.717, 1.165) is 0 Å². The number of anilines is 1. The Bertz CT molecular complexity index is 683. The summed E-state index contributed by atoms with van der Waals surface area (Å²) in [5.74, 6) is 4.74. The van der Waals surface area contributed by atoms with Crippen LogP contribution in [0.15, 0.2) is 24.3 Å². The molecule has 1 aliphatic heterocycles. The lowest BCUT2D eigenvalue weighted by atomic mass is 10.1. The standard InChI is InChI=1S/C19H20N2O3/c1-4-11-20(12-5-2)19(23)15-13-18(22)21(14-15)16-9-7-8-10-17(16)24-6-3/h1-2,7-10,15H,6,11-14H2,3H3/t15-/m1/s1. The second-order valence-electron chi connectivity index (χ2n) is 5.41. The second kappa shape index (κ2) is 8.08. The summed E-state index contributed by atoms with van der Waals surface area (Å²) in [5.41, 5.74) is 0.681. The molecule has 0 N–H and O–H groups in total. The number of terminal acetylenes is 2. The third kappa shape index (κ3) is 3.70. The number of para-hydroxylation sites is 2. The maximum Gasteiger partial charge on any atom is 0.229 e. The van der Waals surface area contributed by atoms with Crippen molar-refractivity contribution in [3.8, 4) is 30.4 Å². The van der Waals surface area contributed by atoms with Crippen molar-refractivity contribution in [2.75, 3.05) is 31.1 Å². The third-order valence-corrected chi connectivity index (χ3v) is 3.81. The van der Waals surface area contributed by atoms with Gasteiger partial charge in [-0.15, -0.1) is 12.8 Å². The number of ether oxygens (including phenoxy) is 1. The highest BCUT2D eigenvalue weighted by atomic mass is 16.5. The number of hydrogen-bond donors (Lipinski definition) is 0. The molecule has 0 saturated carbocycles. The van der Waals surface area contributed by atoms with Crippen LogP contribution in [0.4, 0.5) is 5.69 Å². The number of benzene rings is 1. The molecule has 0 aromatic heterocycles. The SMILES string of the molecule is C#CCN(CC#C)C(=O)[C@@H]1CC(=O)N(c2ccccc2OCC)C1. The van der Waals surface area contributed by atoms with Gasteiger partial charge in [0.25, 0.3) is 0 Å². The molecule has 1 fully saturated rings. The molecule has 0 unspecified atom stereocenters. The molecule has 2 rings (SSSR count). The average molecular weight is 324 g/mol. The molecule has 1 saturated heterocycles. The first-order valence-electron chi connectivity index (χ1n) is 7.80. The Kier molecular flexibility index (Phi) is 5.87. The molecule has 5 nitrogen and oxygen atoms in total. The van der Waals surface area contributed by atoms with Gasteiger partial charge in [-0.3, -0.25) is 9.59 Å². The van der Waals surface area contributed by atoms with E-state index in [4.69, 9.17) is 17.6 Å². The summed E-state index contributed by atoms with van der Waals surface area (Å²) in [4.78, 5) is 28.0. The Morgan fingerprint density at radius 3 is 2.62 bits per heavy atom. The molecule has 1 atom stereocenters. The molecule has 124 valence electrons. The van der Waals surface area contributed by atoms with E-state index < -0.39 is 5.92 Å². The van der Waals surface area contributed by atoms with Crippen LogP contribution in [0.25, 0.3) is 0 Å². The molecule has 1 aliphatic rings. The maximum absolute atomic E-state index is 12.6. The van der Waals surface area contributed by atoms with Crippen LogP contribution in [0.3, 0.4) is 0 Å². The van der Waals surface area contributed by atoms with Crippen molar-refractivity contribution < 1.29 is 14.3 Å². The number of amides is 2. The van der Waals surface area contributed by atoms with Gasteiger partial charge in [0, 0.05) is 13.0 Å². The van der Waals surface area contributed by atoms with E-state index in [9.17, 15) is 9.59 Å². The van der Waals surface area contributed by atoms with Gasteiger partial charge in [0.05, 0.1) is 31.3 Å². The maximum atomic E-state index is 12.6. The van der Waals surface area contributed by atoms with Gasteiger partial charge in [-0.2, -0.15) is 0 Å². The Morgan fingerprint density at radius 2 is 2.00 bits per heavy atom. The van der Waals surface area contributed by atoms with E-state index in [1.54, 1.807) is 4.90 Å². The van der Waals surface area contributed by atoms with Gasteiger partial charge in [0.2, 0.25) is 11.8 Å². The topological polar surface area (TPSA) is 49.9 Å². The normalized spacial score (nSPS) is 16.4. The van der Waals surface area contributed by atoms with Crippen LogP contribution in [-0.2, 0) is 9.59 Å². The number of carbonyl (C=O) groups excluding carboxylic acids is 2. The van der Waals surface area contributed by atoms with Crippen LogP contribution in [0.5, 0.6) is 5.75 Å². The smallest absolute Gasteiger partial charge is 0.229 e. The first kappa shape index (κ1) is 17.4. The number of carbonyl (C=O) groups is 2. The van der Waals surface area contributed by atoms with E-state index in [1.807, 2.05) is 31.2 Å². The minimum Gasteiger partial charge on any atom is -0.492 e. The van der Waals surface area contributed by atoms with E-state index in [-0.39, 0.29) is 31.3 Å². The van der Waals surface area contributed by atoms with E-state index in [1.165, 1.54) is 4.90 Å². The molecule has 1 aromatic carbocycles. The van der Waals surface area contributed by atoms with Crippen LogP contribution >= 0.6 is 0 Å². The summed E-state index contributed by atoms with van der Waals surface area (Å²) >= 11 is 0. The van der Waals surface area contributed by atoms with Crippen molar-refractivity contribution in [3.63, 3.8) is 0 Å². The highest BCUT2D eigenvalue weighted by molar-refractivity contribution is 6.01. The van der Waals surface area contributed by atoms with Gasteiger partial charge >= 0.3 is 0 Å². The summed E-state index contributed by atoms with van der Waals surface area (Å²) in [6.45, 7) is 2.96. The minimum absolute atomic E-state index is 0.109. The van der Waals surface area contributed by atoms with Gasteiger partial charge in [-0.25, -0.2) is 0 Å². The molecule has 2 amide bonds. The highest BCUT2D eigenvalue weighted by Gasteiger charge is 2.37. The fraction of sp³-hybridized carbons (Fsp3) is 0.368. The molecule has 1 aromatic rings. The molecular weight excluding hydrogens is 304 g/mol. The van der Waals surface area contributed by atoms with Crippen molar-refractivity contribution in [2.45, 2.75) is 13.3 Å². The van der Waals surface area contributed by atoms with E-state index >= 15 is 0 Å². The summed E-state index contributed by atoms with van der Waals surface area (Å²) in [6, 6.07) is 7.31. The molecule has 1 heterocycles. The number of hydrogen-bond acceptors (Lipinski definition) is 3. The lowest BCUT2D eigenvalue weighted by molar-refractivity contribution is -0.134. The van der Waals surface area contributed by atoms with Gasteiger partial charge in [0.15, 0.2) is 0 Å². The molecule has 5 heteroatoms. The lowest BCUT2D eigenvalue weighted by Gasteiger charge is -2.22. The van der Waals surface area contributed by atoms with E-state index in [0.29, 0.717) is 24.6 Å². The fourth-order valence-electron chi connectivity index (χ4n) is 2.75. The van der Waals surface area contributed by atoms with Crippen molar-refractivity contribution >= 4 is 17.5 Å². The number of nitrogens with zero attached hydrogens (tertiary/aromatic N) is 2. The van der Waals surface area contributed by atoms with Crippen LogP contribution in [0.2, 0.25) is 0 Å². The van der Waals surface area contributed by atoms with Gasteiger partial charge in [0.1, 0.15) is 5.75 Å². The molecular formula is C19H20N2O3. The molecule has 24 heavy (non-hydrogen) atoms. The Balaban J connectivity index is 2.18. The van der Waals surface area contributed by atoms with Crippen molar-refractivity contribution in [3.05, 3.63) is 24.3 Å². The Morgan fingerprint density at radius 1 is 1.33 bits per heavy atom. The first-order valence-corrected chi connectivity index (χ1v) is 7.80. The summed E-state index contributed by atoms with van der Waals surface area (Å²) in [7, 11) is 0. The van der Waals surface area contributed by atoms with Crippen molar-refractivity contribution in [2.24, 2.45) is 5.92 Å². The number of rotatable bonds is 6. The summed E-state index contributed by atoms with van der Waals surface area (Å²) in [6.07, 6.45) is 10.7. The van der Waals surface area contributed by atoms with Gasteiger partial charge < -0.3 is 14.5 Å². The zero-order valence-electron chi connectivity index (χ0n) is 13.7. The largest absolute Gasteiger partial charge is 0.492 e. The zero-order valence-corrected chi connectivity index (χ0v) is 13.7. The highest BCUT2D eigenvalue weighted by Crippen LogP contribution is 2.33. The Hall–Kier alpha value is -2.92. The second-order valence-corrected chi connectivity index (χ2v) is 5.41. The van der Waals surface area contributed by atoms with Gasteiger partial charge in [-0.1, -0.05) is 24.0 Å². The third-order valence-electron chi connectivity index (χ3n) is 3.81. The van der Waals surface area contributed by atoms with Crippen LogP contribution in [0.1, 0.15) is 13.3 Å². The van der Waals surface area contributed by atoms with Gasteiger partial charge in [-0.05, 0) is 19.1 Å². The molecule has 0 aliphatic carbocycles. The van der Waals surface area contributed by atoms with Crippen LogP contribution in [-0.4, -0.2) is 43.0 Å². The fourth-order valence-corrected chi connectivity index (χ4v) is 2.75. The van der Waals surface area contributed by atoms with Crippen LogP contribution < -0.4 is 9.64 Å². The molecule has 0 spiro atoms. The predicted molar refractivity (Wildman–Crippen MR) is 92.3 cm³/mol. The van der Waals surface area contributed by atoms with Crippen LogP contribution in [0, 0.1) is 30.6 Å². The van der Waals surface area contributed by atoms with Crippen molar-refractivity contribution in [1.29, 1.82) is 0 Å². The lowest BCUT2D eigenvalue weighted by Crippen LogP contribution is -2.38. The van der Waals surface area contributed by atoms with E-state index in [2.05, 4.69) is 11.8 Å². The Labute approximate surface area is 142 Å². The first-order chi connectivity index (χ1) is 11.6.